The van der Waals surface area contributed by atoms with Gasteiger partial charge in [0.05, 0.1) is 23.5 Å². The molecular weight excluding hydrogens is 226 g/mol. The van der Waals surface area contributed by atoms with Crippen molar-refractivity contribution in [3.8, 4) is 0 Å². The summed E-state index contributed by atoms with van der Waals surface area (Å²) < 4.78 is 5.94. The molecule has 1 aromatic rings. The molecule has 1 atom stereocenters. The number of hydrogen-bond donors (Lipinski definition) is 1. The molecule has 18 heavy (non-hydrogen) atoms. The topological polar surface area (TPSA) is 47.0 Å². The van der Waals surface area contributed by atoms with Crippen molar-refractivity contribution >= 4 is 0 Å². The Kier molecular flexibility index (Phi) is 4.66. The molecule has 1 unspecified atom stereocenters. The SMILES string of the molecule is CNC(c1cnccn1)C1(OC)CCCCCC1. The second kappa shape index (κ2) is 6.25. The molecule has 0 aromatic carbocycles. The van der Waals surface area contributed by atoms with Crippen molar-refractivity contribution in [2.24, 2.45) is 0 Å². The molecule has 1 aliphatic carbocycles. The number of ether oxygens (including phenoxy) is 1. The van der Waals surface area contributed by atoms with Gasteiger partial charge in [-0.3, -0.25) is 9.97 Å². The van der Waals surface area contributed by atoms with E-state index in [0.717, 1.165) is 18.5 Å². The lowest BCUT2D eigenvalue weighted by atomic mass is 9.84. The zero-order valence-corrected chi connectivity index (χ0v) is 11.4. The average molecular weight is 249 g/mol. The van der Waals surface area contributed by atoms with Gasteiger partial charge in [0.15, 0.2) is 0 Å². The molecule has 4 heteroatoms. The summed E-state index contributed by atoms with van der Waals surface area (Å²) in [6.45, 7) is 0. The molecule has 100 valence electrons. The molecule has 0 radical (unpaired) electrons. The molecule has 1 N–H and O–H groups in total. The fraction of sp³-hybridized carbons (Fsp3) is 0.714. The van der Waals surface area contributed by atoms with Gasteiger partial charge in [0.25, 0.3) is 0 Å². The van der Waals surface area contributed by atoms with Crippen LogP contribution in [0, 0.1) is 0 Å². The minimum absolute atomic E-state index is 0.120. The van der Waals surface area contributed by atoms with E-state index in [2.05, 4.69) is 15.3 Å². The maximum absolute atomic E-state index is 5.94. The summed E-state index contributed by atoms with van der Waals surface area (Å²) in [6.07, 6.45) is 12.6. The van der Waals surface area contributed by atoms with Crippen LogP contribution >= 0.6 is 0 Å². The van der Waals surface area contributed by atoms with E-state index in [0.29, 0.717) is 0 Å². The van der Waals surface area contributed by atoms with Crippen LogP contribution in [0.5, 0.6) is 0 Å². The summed E-state index contributed by atoms with van der Waals surface area (Å²) in [5, 5.41) is 3.38. The zero-order chi connectivity index (χ0) is 12.8. The van der Waals surface area contributed by atoms with Crippen molar-refractivity contribution < 1.29 is 4.74 Å². The molecule has 0 bridgehead atoms. The van der Waals surface area contributed by atoms with E-state index in [1.807, 2.05) is 20.4 Å². The molecule has 0 saturated heterocycles. The first-order valence-electron chi connectivity index (χ1n) is 6.81. The van der Waals surface area contributed by atoms with E-state index in [4.69, 9.17) is 4.74 Å². The van der Waals surface area contributed by atoms with E-state index < -0.39 is 0 Å². The summed E-state index contributed by atoms with van der Waals surface area (Å²) in [6, 6.07) is 0.120. The average Bonchev–Trinajstić information content (AvgIpc) is 2.67. The minimum Gasteiger partial charge on any atom is -0.376 e. The van der Waals surface area contributed by atoms with Crippen LogP contribution < -0.4 is 5.32 Å². The first-order chi connectivity index (χ1) is 8.82. The van der Waals surface area contributed by atoms with E-state index in [9.17, 15) is 0 Å². The van der Waals surface area contributed by atoms with Gasteiger partial charge in [0, 0.05) is 19.5 Å². The number of likely N-dealkylation sites (N-methyl/N-ethyl adjacent to an activating group) is 1. The van der Waals surface area contributed by atoms with E-state index in [1.165, 1.54) is 25.7 Å². The fourth-order valence-corrected chi connectivity index (χ4v) is 3.08. The number of aromatic nitrogens is 2. The first-order valence-corrected chi connectivity index (χ1v) is 6.81. The van der Waals surface area contributed by atoms with Crippen molar-refractivity contribution in [2.75, 3.05) is 14.2 Å². The number of rotatable bonds is 4. The second-order valence-electron chi connectivity index (χ2n) is 5.04. The highest BCUT2D eigenvalue weighted by Crippen LogP contribution is 2.39. The van der Waals surface area contributed by atoms with Crippen LogP contribution in [0.1, 0.15) is 50.3 Å². The molecule has 0 spiro atoms. The van der Waals surface area contributed by atoms with Gasteiger partial charge in [-0.1, -0.05) is 25.7 Å². The third kappa shape index (κ3) is 2.70. The highest BCUT2D eigenvalue weighted by atomic mass is 16.5. The van der Waals surface area contributed by atoms with Crippen LogP contribution in [0.3, 0.4) is 0 Å². The van der Waals surface area contributed by atoms with Crippen molar-refractivity contribution in [3.05, 3.63) is 24.3 Å². The monoisotopic (exact) mass is 249 g/mol. The Morgan fingerprint density at radius 2 is 1.94 bits per heavy atom. The van der Waals surface area contributed by atoms with Gasteiger partial charge in [-0.25, -0.2) is 0 Å². The fourth-order valence-electron chi connectivity index (χ4n) is 3.08. The van der Waals surface area contributed by atoms with Crippen LogP contribution in [0.4, 0.5) is 0 Å². The number of nitrogens with zero attached hydrogens (tertiary/aromatic N) is 2. The van der Waals surface area contributed by atoms with Crippen molar-refractivity contribution in [1.82, 2.24) is 15.3 Å². The van der Waals surface area contributed by atoms with Gasteiger partial charge in [0.1, 0.15) is 0 Å². The predicted octanol–water partition coefficient (Wildman–Crippen LogP) is 2.48. The van der Waals surface area contributed by atoms with Crippen molar-refractivity contribution in [3.63, 3.8) is 0 Å². The van der Waals surface area contributed by atoms with Crippen LogP contribution in [0.2, 0.25) is 0 Å². The zero-order valence-electron chi connectivity index (χ0n) is 11.4. The normalized spacial score (nSPS) is 21.2. The standard InChI is InChI=1S/C14H23N3O/c1-15-13(12-11-16-9-10-17-12)14(18-2)7-5-3-4-6-8-14/h9-11,13,15H,3-8H2,1-2H3. The van der Waals surface area contributed by atoms with Gasteiger partial charge in [-0.15, -0.1) is 0 Å². The van der Waals surface area contributed by atoms with Gasteiger partial charge in [0.2, 0.25) is 0 Å². The summed E-state index contributed by atoms with van der Waals surface area (Å²) in [4.78, 5) is 8.62. The van der Waals surface area contributed by atoms with Crippen molar-refractivity contribution in [1.29, 1.82) is 0 Å². The largest absolute Gasteiger partial charge is 0.376 e. The van der Waals surface area contributed by atoms with E-state index >= 15 is 0 Å². The first kappa shape index (κ1) is 13.4. The molecule has 4 nitrogen and oxygen atoms in total. The second-order valence-corrected chi connectivity index (χ2v) is 5.04. The van der Waals surface area contributed by atoms with Gasteiger partial charge >= 0.3 is 0 Å². The maximum atomic E-state index is 5.94. The van der Waals surface area contributed by atoms with Gasteiger partial charge in [-0.05, 0) is 19.9 Å². The summed E-state index contributed by atoms with van der Waals surface area (Å²) in [5.74, 6) is 0. The highest BCUT2D eigenvalue weighted by molar-refractivity contribution is 5.10. The Morgan fingerprint density at radius 1 is 1.22 bits per heavy atom. The Morgan fingerprint density at radius 3 is 2.44 bits per heavy atom. The minimum atomic E-state index is -0.138. The molecular formula is C14H23N3O. The molecule has 1 heterocycles. The summed E-state index contributed by atoms with van der Waals surface area (Å²) in [5.41, 5.74) is 0.838. The predicted molar refractivity (Wildman–Crippen MR) is 71.3 cm³/mol. The molecule has 0 aliphatic heterocycles. The third-order valence-electron chi connectivity index (χ3n) is 4.05. The third-order valence-corrected chi connectivity index (χ3v) is 4.05. The molecule has 0 amide bonds. The van der Waals surface area contributed by atoms with Crippen LogP contribution in [-0.2, 0) is 4.74 Å². The smallest absolute Gasteiger partial charge is 0.0888 e. The Labute approximate surface area is 109 Å². The molecule has 1 aromatic heterocycles. The Bertz CT molecular complexity index is 347. The molecule has 2 rings (SSSR count). The van der Waals surface area contributed by atoms with Crippen molar-refractivity contribution in [2.45, 2.75) is 50.2 Å². The quantitative estimate of drug-likeness (QED) is 0.833. The van der Waals surface area contributed by atoms with Gasteiger partial charge < -0.3 is 10.1 Å². The van der Waals surface area contributed by atoms with E-state index in [1.54, 1.807) is 12.4 Å². The summed E-state index contributed by atoms with van der Waals surface area (Å²) in [7, 11) is 3.80. The number of hydrogen-bond acceptors (Lipinski definition) is 4. The van der Waals surface area contributed by atoms with E-state index in [-0.39, 0.29) is 11.6 Å². The van der Waals surface area contributed by atoms with Crippen LogP contribution in [0.25, 0.3) is 0 Å². The number of methoxy groups -OCH3 is 1. The van der Waals surface area contributed by atoms with Gasteiger partial charge in [-0.2, -0.15) is 0 Å². The lowest BCUT2D eigenvalue weighted by Crippen LogP contribution is -2.44. The molecule has 1 saturated carbocycles. The van der Waals surface area contributed by atoms with Crippen LogP contribution in [0.15, 0.2) is 18.6 Å². The molecule has 1 fully saturated rings. The van der Waals surface area contributed by atoms with Crippen LogP contribution in [-0.4, -0.2) is 29.7 Å². The summed E-state index contributed by atoms with van der Waals surface area (Å²) >= 11 is 0. The lowest BCUT2D eigenvalue weighted by Gasteiger charge is -2.38. The Hall–Kier alpha value is -1.00. The lowest BCUT2D eigenvalue weighted by molar-refractivity contribution is -0.0533. The highest BCUT2D eigenvalue weighted by Gasteiger charge is 2.40. The number of nitrogens with one attached hydrogen (secondary N) is 1. The Balaban J connectivity index is 2.27. The molecule has 1 aliphatic rings. The maximum Gasteiger partial charge on any atom is 0.0888 e.